The van der Waals surface area contributed by atoms with E-state index in [0.29, 0.717) is 30.4 Å². The van der Waals surface area contributed by atoms with E-state index >= 15 is 0 Å². The van der Waals surface area contributed by atoms with Gasteiger partial charge in [-0.3, -0.25) is 4.79 Å². The molecule has 2 aromatic rings. The van der Waals surface area contributed by atoms with Gasteiger partial charge in [-0.2, -0.15) is 0 Å². The molecule has 0 spiro atoms. The monoisotopic (exact) mass is 327 g/mol. The molecule has 126 valence electrons. The zero-order valence-electron chi connectivity index (χ0n) is 14.1. The minimum Gasteiger partial charge on any atom is -0.445 e. The summed E-state index contributed by atoms with van der Waals surface area (Å²) in [5, 5.41) is 0. The lowest BCUT2D eigenvalue weighted by Gasteiger charge is -2.35. The van der Waals surface area contributed by atoms with Gasteiger partial charge in [0.15, 0.2) is 11.6 Å². The zero-order chi connectivity index (χ0) is 16.7. The van der Waals surface area contributed by atoms with Crippen LogP contribution in [0, 0.1) is 13.8 Å². The third kappa shape index (κ3) is 2.53. The van der Waals surface area contributed by atoms with Gasteiger partial charge in [0.25, 0.3) is 5.91 Å². The summed E-state index contributed by atoms with van der Waals surface area (Å²) < 4.78 is 5.38. The quantitative estimate of drug-likeness (QED) is 0.833. The molecule has 0 atom stereocenters. The van der Waals surface area contributed by atoms with Gasteiger partial charge in [0, 0.05) is 44.4 Å². The molecule has 1 aliphatic heterocycles. The highest BCUT2D eigenvalue weighted by atomic mass is 16.4. The number of aromatic nitrogens is 3. The summed E-state index contributed by atoms with van der Waals surface area (Å²) in [5.74, 6) is 2.13. The maximum atomic E-state index is 12.6. The summed E-state index contributed by atoms with van der Waals surface area (Å²) in [4.78, 5) is 29.9. The Morgan fingerprint density at radius 3 is 2.62 bits per heavy atom. The van der Waals surface area contributed by atoms with Crippen LogP contribution in [0.5, 0.6) is 0 Å². The van der Waals surface area contributed by atoms with E-state index in [9.17, 15) is 4.79 Å². The van der Waals surface area contributed by atoms with Gasteiger partial charge in [-0.25, -0.2) is 15.0 Å². The van der Waals surface area contributed by atoms with Crippen molar-refractivity contribution in [3.05, 3.63) is 34.9 Å². The van der Waals surface area contributed by atoms with E-state index in [2.05, 4.69) is 19.9 Å². The molecule has 1 aliphatic carbocycles. The van der Waals surface area contributed by atoms with E-state index in [4.69, 9.17) is 4.42 Å². The van der Waals surface area contributed by atoms with Crippen molar-refractivity contribution in [1.82, 2.24) is 19.9 Å². The summed E-state index contributed by atoms with van der Waals surface area (Å²) in [6.07, 6.45) is 4.93. The first-order valence-electron chi connectivity index (χ1n) is 8.44. The summed E-state index contributed by atoms with van der Waals surface area (Å²) >= 11 is 0. The predicted molar refractivity (Wildman–Crippen MR) is 88.2 cm³/mol. The fourth-order valence-corrected chi connectivity index (χ4v) is 3.61. The average Bonchev–Trinajstić information content (AvgIpc) is 3.20. The van der Waals surface area contributed by atoms with E-state index < -0.39 is 0 Å². The lowest BCUT2D eigenvalue weighted by atomic mass is 10.2. The Labute approximate surface area is 140 Å². The number of nitrogens with zero attached hydrogens (tertiary/aromatic N) is 5. The van der Waals surface area contributed by atoms with Crippen LogP contribution >= 0.6 is 0 Å². The number of oxazole rings is 1. The number of fused-ring (bicyclic) bond motifs is 1. The maximum absolute atomic E-state index is 12.6. The van der Waals surface area contributed by atoms with E-state index in [1.807, 2.05) is 4.90 Å². The molecule has 0 aromatic carbocycles. The topological polar surface area (TPSA) is 75.4 Å². The molecule has 0 unspecified atom stereocenters. The second kappa shape index (κ2) is 5.89. The van der Waals surface area contributed by atoms with E-state index in [1.54, 1.807) is 20.2 Å². The first-order chi connectivity index (χ1) is 11.6. The number of piperazine rings is 1. The highest BCUT2D eigenvalue weighted by Crippen LogP contribution is 2.28. The van der Waals surface area contributed by atoms with Gasteiger partial charge >= 0.3 is 0 Å². The highest BCUT2D eigenvalue weighted by molar-refractivity contribution is 5.93. The Morgan fingerprint density at radius 2 is 1.92 bits per heavy atom. The van der Waals surface area contributed by atoms with Crippen molar-refractivity contribution in [3.63, 3.8) is 0 Å². The Bertz CT molecular complexity index is 777. The van der Waals surface area contributed by atoms with Crippen LogP contribution in [0.4, 0.5) is 5.82 Å². The van der Waals surface area contributed by atoms with Crippen molar-refractivity contribution in [3.8, 4) is 0 Å². The van der Waals surface area contributed by atoms with Crippen LogP contribution in [-0.4, -0.2) is 51.9 Å². The summed E-state index contributed by atoms with van der Waals surface area (Å²) in [6.45, 7) is 6.45. The molecule has 1 fully saturated rings. The molecule has 1 amide bonds. The predicted octanol–water partition coefficient (Wildman–Crippen LogP) is 1.53. The zero-order valence-corrected chi connectivity index (χ0v) is 14.1. The fourth-order valence-electron chi connectivity index (χ4n) is 3.61. The molecule has 7 heteroatoms. The van der Waals surface area contributed by atoms with Gasteiger partial charge in [-0.1, -0.05) is 0 Å². The van der Waals surface area contributed by atoms with Crippen LogP contribution in [0.15, 0.2) is 10.7 Å². The van der Waals surface area contributed by atoms with Gasteiger partial charge in [0.2, 0.25) is 0 Å². The number of rotatable bonds is 2. The maximum Gasteiger partial charge on any atom is 0.276 e. The molecule has 4 rings (SSSR count). The van der Waals surface area contributed by atoms with Gasteiger partial charge in [0.1, 0.15) is 17.9 Å². The van der Waals surface area contributed by atoms with Crippen LogP contribution in [0.3, 0.4) is 0 Å². The number of anilines is 1. The fraction of sp³-hybridized carbons (Fsp3) is 0.529. The molecule has 3 heterocycles. The first kappa shape index (κ1) is 15.1. The molecule has 1 saturated heterocycles. The van der Waals surface area contributed by atoms with Gasteiger partial charge < -0.3 is 14.2 Å². The Balaban J connectivity index is 1.47. The largest absolute Gasteiger partial charge is 0.445 e. The Hall–Kier alpha value is -2.44. The summed E-state index contributed by atoms with van der Waals surface area (Å²) in [7, 11) is 0. The molecule has 2 aromatic heterocycles. The number of hydrogen-bond donors (Lipinski definition) is 0. The van der Waals surface area contributed by atoms with Crippen LogP contribution in [0.25, 0.3) is 0 Å². The lowest BCUT2D eigenvalue weighted by Crippen LogP contribution is -2.49. The van der Waals surface area contributed by atoms with E-state index in [0.717, 1.165) is 38.2 Å². The number of amides is 1. The molecule has 2 aliphatic rings. The van der Waals surface area contributed by atoms with Crippen LogP contribution < -0.4 is 4.90 Å². The van der Waals surface area contributed by atoms with Crippen molar-refractivity contribution in [2.45, 2.75) is 33.1 Å². The van der Waals surface area contributed by atoms with Crippen molar-refractivity contribution in [2.75, 3.05) is 31.1 Å². The highest BCUT2D eigenvalue weighted by Gasteiger charge is 2.28. The number of hydrogen-bond acceptors (Lipinski definition) is 6. The molecule has 0 bridgehead atoms. The SMILES string of the molecule is Cc1nc(C(=O)N2CCN(c3ncnc4c3CCC4)CC2)c(C)o1. The molecule has 24 heavy (non-hydrogen) atoms. The first-order valence-corrected chi connectivity index (χ1v) is 8.44. The van der Waals surface area contributed by atoms with Crippen molar-refractivity contribution in [2.24, 2.45) is 0 Å². The molecule has 0 radical (unpaired) electrons. The molecule has 7 nitrogen and oxygen atoms in total. The smallest absolute Gasteiger partial charge is 0.276 e. The van der Waals surface area contributed by atoms with E-state index in [-0.39, 0.29) is 5.91 Å². The number of carbonyl (C=O) groups excluding carboxylic acids is 1. The third-order valence-electron chi connectivity index (χ3n) is 4.82. The van der Waals surface area contributed by atoms with Gasteiger partial charge in [0.05, 0.1) is 0 Å². The van der Waals surface area contributed by atoms with Crippen molar-refractivity contribution < 1.29 is 9.21 Å². The minimum absolute atomic E-state index is 0.0445. The number of aryl methyl sites for hydroxylation is 3. The molecular weight excluding hydrogens is 306 g/mol. The second-order valence-corrected chi connectivity index (χ2v) is 6.39. The summed E-state index contributed by atoms with van der Waals surface area (Å²) in [5.41, 5.74) is 2.91. The lowest BCUT2D eigenvalue weighted by molar-refractivity contribution is 0.0739. The number of carbonyl (C=O) groups is 1. The minimum atomic E-state index is -0.0445. The van der Waals surface area contributed by atoms with Gasteiger partial charge in [-0.05, 0) is 26.2 Å². The van der Waals surface area contributed by atoms with Crippen LogP contribution in [0.2, 0.25) is 0 Å². The van der Waals surface area contributed by atoms with Crippen LogP contribution in [-0.2, 0) is 12.8 Å². The molecular formula is C17H21N5O2. The Kier molecular flexibility index (Phi) is 3.70. The standard InChI is InChI=1S/C17H21N5O2/c1-11-15(20-12(2)24-11)17(23)22-8-6-21(7-9-22)16-13-4-3-5-14(13)18-10-19-16/h10H,3-9H2,1-2H3. The normalized spacial score (nSPS) is 17.2. The molecule has 0 N–H and O–H groups in total. The second-order valence-electron chi connectivity index (χ2n) is 6.39. The van der Waals surface area contributed by atoms with Crippen molar-refractivity contribution >= 4 is 11.7 Å². The summed E-state index contributed by atoms with van der Waals surface area (Å²) in [6, 6.07) is 0. The van der Waals surface area contributed by atoms with Gasteiger partial charge in [-0.15, -0.1) is 0 Å². The van der Waals surface area contributed by atoms with Crippen LogP contribution in [0.1, 0.15) is 39.8 Å². The third-order valence-corrected chi connectivity index (χ3v) is 4.82. The van der Waals surface area contributed by atoms with E-state index in [1.165, 1.54) is 11.3 Å². The molecule has 0 saturated carbocycles. The average molecular weight is 327 g/mol. The Morgan fingerprint density at radius 1 is 1.12 bits per heavy atom. The van der Waals surface area contributed by atoms with Crippen molar-refractivity contribution in [1.29, 1.82) is 0 Å².